The molecule has 1 aromatic carbocycles. The van der Waals surface area contributed by atoms with Crippen molar-refractivity contribution in [1.29, 1.82) is 0 Å². The van der Waals surface area contributed by atoms with Crippen LogP contribution >= 0.6 is 11.8 Å². The van der Waals surface area contributed by atoms with Crippen LogP contribution in [0.4, 0.5) is 5.69 Å². The lowest BCUT2D eigenvalue weighted by Gasteiger charge is -2.17. The van der Waals surface area contributed by atoms with Gasteiger partial charge in [-0.2, -0.15) is 16.9 Å². The highest BCUT2D eigenvalue weighted by atomic mass is 32.2. The van der Waals surface area contributed by atoms with Crippen LogP contribution in [0.25, 0.3) is 11.4 Å². The predicted octanol–water partition coefficient (Wildman–Crippen LogP) is 3.22. The lowest BCUT2D eigenvalue weighted by Crippen LogP contribution is -2.18. The first-order valence-electron chi connectivity index (χ1n) is 9.17. The summed E-state index contributed by atoms with van der Waals surface area (Å²) >= 11 is 1.80. The Kier molecular flexibility index (Phi) is 6.37. The number of aromatic nitrogens is 3. The van der Waals surface area contributed by atoms with Gasteiger partial charge < -0.3 is 10.0 Å². The zero-order valence-corrected chi connectivity index (χ0v) is 16.0. The number of aliphatic hydroxyl groups excluding tert-OH is 1. The maximum absolute atomic E-state index is 10.1. The molecule has 1 aliphatic heterocycles. The van der Waals surface area contributed by atoms with E-state index >= 15 is 0 Å². The van der Waals surface area contributed by atoms with Gasteiger partial charge in [-0.05, 0) is 49.8 Å². The lowest BCUT2D eigenvalue weighted by atomic mass is 10.2. The van der Waals surface area contributed by atoms with E-state index in [2.05, 4.69) is 40.5 Å². The van der Waals surface area contributed by atoms with E-state index in [1.54, 1.807) is 11.8 Å². The molecule has 1 saturated heterocycles. The molecule has 1 fully saturated rings. The van der Waals surface area contributed by atoms with Crippen molar-refractivity contribution < 1.29 is 5.11 Å². The van der Waals surface area contributed by atoms with Crippen molar-refractivity contribution in [2.45, 2.75) is 45.3 Å². The molecule has 1 aliphatic rings. The fourth-order valence-corrected chi connectivity index (χ4v) is 3.54. The van der Waals surface area contributed by atoms with E-state index in [0.717, 1.165) is 42.5 Å². The Morgan fingerprint density at radius 2 is 1.92 bits per heavy atom. The first-order chi connectivity index (χ1) is 12.2. The van der Waals surface area contributed by atoms with Gasteiger partial charge in [0.2, 0.25) is 0 Å². The van der Waals surface area contributed by atoms with E-state index in [1.165, 1.54) is 18.5 Å². The number of benzene rings is 1. The third-order valence-corrected chi connectivity index (χ3v) is 5.31. The van der Waals surface area contributed by atoms with Gasteiger partial charge in [-0.15, -0.1) is 0 Å². The average molecular weight is 361 g/mol. The molecule has 0 unspecified atom stereocenters. The van der Waals surface area contributed by atoms with Gasteiger partial charge in [-0.25, -0.2) is 9.67 Å². The number of aryl methyl sites for hydroxylation is 1. The third kappa shape index (κ3) is 4.55. The minimum Gasteiger partial charge on any atom is -0.391 e. The monoisotopic (exact) mass is 360 g/mol. The van der Waals surface area contributed by atoms with Crippen LogP contribution in [0.5, 0.6) is 0 Å². The van der Waals surface area contributed by atoms with Crippen LogP contribution in [-0.2, 0) is 13.0 Å². The number of nitrogens with zero attached hydrogens (tertiary/aromatic N) is 4. The van der Waals surface area contributed by atoms with Crippen molar-refractivity contribution in [3.63, 3.8) is 0 Å². The summed E-state index contributed by atoms with van der Waals surface area (Å²) in [7, 11) is 0. The van der Waals surface area contributed by atoms with E-state index < -0.39 is 6.10 Å². The first kappa shape index (κ1) is 18.3. The fourth-order valence-electron chi connectivity index (χ4n) is 3.15. The van der Waals surface area contributed by atoms with Crippen LogP contribution in [0.3, 0.4) is 0 Å². The van der Waals surface area contributed by atoms with Crippen molar-refractivity contribution >= 4 is 17.4 Å². The second-order valence-corrected chi connectivity index (χ2v) is 7.57. The van der Waals surface area contributed by atoms with Crippen LogP contribution in [0.15, 0.2) is 24.3 Å². The Morgan fingerprint density at radius 3 is 2.56 bits per heavy atom. The lowest BCUT2D eigenvalue weighted by molar-refractivity contribution is 0.145. The van der Waals surface area contributed by atoms with Crippen molar-refractivity contribution in [3.05, 3.63) is 30.1 Å². The molecule has 1 aromatic heterocycles. The molecule has 5 nitrogen and oxygen atoms in total. The minimum absolute atomic E-state index is 0.391. The van der Waals surface area contributed by atoms with E-state index in [-0.39, 0.29) is 0 Å². The van der Waals surface area contributed by atoms with Crippen LogP contribution in [0.1, 0.15) is 32.0 Å². The molecule has 6 heteroatoms. The summed E-state index contributed by atoms with van der Waals surface area (Å²) in [6, 6.07) is 8.62. The maximum atomic E-state index is 10.1. The van der Waals surface area contributed by atoms with Crippen molar-refractivity contribution in [1.82, 2.24) is 14.8 Å². The molecule has 1 atom stereocenters. The Morgan fingerprint density at radius 1 is 1.20 bits per heavy atom. The van der Waals surface area contributed by atoms with Crippen molar-refractivity contribution in [3.8, 4) is 11.4 Å². The summed E-state index contributed by atoms with van der Waals surface area (Å²) in [5.41, 5.74) is 2.35. The maximum Gasteiger partial charge on any atom is 0.158 e. The molecule has 2 heterocycles. The summed E-state index contributed by atoms with van der Waals surface area (Å²) in [6.45, 7) is 4.78. The largest absolute Gasteiger partial charge is 0.391 e. The van der Waals surface area contributed by atoms with Crippen LogP contribution in [0, 0.1) is 0 Å². The molecular formula is C19H28N4OS. The molecule has 0 saturated carbocycles. The topological polar surface area (TPSA) is 54.2 Å². The zero-order valence-electron chi connectivity index (χ0n) is 15.2. The van der Waals surface area contributed by atoms with Gasteiger partial charge in [-0.3, -0.25) is 0 Å². The molecule has 0 aliphatic carbocycles. The standard InChI is InChI=1S/C19H28N4OS/c1-3-17(24)14-23-19(20-18(21-23)10-13-25-2)15-6-8-16(9-7-15)22-11-4-5-12-22/h6-9,17,24H,3-5,10-14H2,1-2H3/t17-/m0/s1. The van der Waals surface area contributed by atoms with E-state index in [1.807, 2.05) is 11.6 Å². The molecule has 0 amide bonds. The SMILES string of the molecule is CC[C@H](O)Cn1nc(CCSC)nc1-c1ccc(N2CCCC2)cc1. The van der Waals surface area contributed by atoms with Crippen LogP contribution in [-0.4, -0.2) is 51.1 Å². The zero-order chi connectivity index (χ0) is 17.6. The number of thioether (sulfide) groups is 1. The van der Waals surface area contributed by atoms with E-state index in [4.69, 9.17) is 4.98 Å². The number of hydrogen-bond acceptors (Lipinski definition) is 5. The quantitative estimate of drug-likeness (QED) is 0.783. The fraction of sp³-hybridized carbons (Fsp3) is 0.579. The summed E-state index contributed by atoms with van der Waals surface area (Å²) in [5, 5.41) is 14.7. The second kappa shape index (κ2) is 8.72. The Balaban J connectivity index is 1.84. The second-order valence-electron chi connectivity index (χ2n) is 6.58. The summed E-state index contributed by atoms with van der Waals surface area (Å²) < 4.78 is 1.87. The number of rotatable bonds is 8. The van der Waals surface area contributed by atoms with Gasteiger partial charge >= 0.3 is 0 Å². The molecule has 3 rings (SSSR count). The predicted molar refractivity (Wildman–Crippen MR) is 105 cm³/mol. The van der Waals surface area contributed by atoms with Gasteiger partial charge in [0.1, 0.15) is 0 Å². The Hall–Kier alpha value is -1.53. The highest BCUT2D eigenvalue weighted by Crippen LogP contribution is 2.25. The van der Waals surface area contributed by atoms with Gasteiger partial charge in [0, 0.05) is 36.5 Å². The Labute approximate surface area is 154 Å². The van der Waals surface area contributed by atoms with Crippen molar-refractivity contribution in [2.24, 2.45) is 0 Å². The van der Waals surface area contributed by atoms with Crippen LogP contribution < -0.4 is 4.90 Å². The van der Waals surface area contributed by atoms with Gasteiger partial charge in [0.05, 0.1) is 12.6 Å². The first-order valence-corrected chi connectivity index (χ1v) is 10.6. The molecule has 136 valence electrons. The Bertz CT molecular complexity index is 665. The molecule has 0 radical (unpaired) electrons. The van der Waals surface area contributed by atoms with Gasteiger partial charge in [0.15, 0.2) is 11.6 Å². The van der Waals surface area contributed by atoms with E-state index in [9.17, 15) is 5.11 Å². The summed E-state index contributed by atoms with van der Waals surface area (Å²) in [6.07, 6.45) is 5.84. The molecule has 0 spiro atoms. The highest BCUT2D eigenvalue weighted by Gasteiger charge is 2.16. The van der Waals surface area contributed by atoms with Crippen LogP contribution in [0.2, 0.25) is 0 Å². The minimum atomic E-state index is -0.391. The normalized spacial score (nSPS) is 15.7. The van der Waals surface area contributed by atoms with Gasteiger partial charge in [-0.1, -0.05) is 6.92 Å². The number of aliphatic hydroxyl groups is 1. The summed E-state index contributed by atoms with van der Waals surface area (Å²) in [4.78, 5) is 7.18. The third-order valence-electron chi connectivity index (χ3n) is 4.70. The van der Waals surface area contributed by atoms with Gasteiger partial charge in [0.25, 0.3) is 0 Å². The van der Waals surface area contributed by atoms with E-state index in [0.29, 0.717) is 13.0 Å². The summed E-state index contributed by atoms with van der Waals surface area (Å²) in [5.74, 6) is 2.72. The molecule has 1 N–H and O–H groups in total. The molecular weight excluding hydrogens is 332 g/mol. The molecule has 25 heavy (non-hydrogen) atoms. The van der Waals surface area contributed by atoms with Crippen molar-refractivity contribution in [2.75, 3.05) is 30.0 Å². The average Bonchev–Trinajstić information content (AvgIpc) is 3.30. The molecule has 2 aromatic rings. The molecule has 0 bridgehead atoms. The number of anilines is 1. The smallest absolute Gasteiger partial charge is 0.158 e. The number of hydrogen-bond donors (Lipinski definition) is 1. The highest BCUT2D eigenvalue weighted by molar-refractivity contribution is 7.98.